The number of ether oxygens (including phenoxy) is 2. The summed E-state index contributed by atoms with van der Waals surface area (Å²) < 4.78 is 34.2. The highest BCUT2D eigenvalue weighted by atomic mass is 31.2. The van der Waals surface area contributed by atoms with E-state index in [9.17, 15) is 19.0 Å². The summed E-state index contributed by atoms with van der Waals surface area (Å²) in [7, 11) is 1.14. The first-order chi connectivity index (χ1) is 40.5. The van der Waals surface area contributed by atoms with E-state index in [0.717, 1.165) is 70.6 Å². The molecule has 0 rings (SSSR count). The summed E-state index contributed by atoms with van der Waals surface area (Å²) in [5.74, 6) is -0.876. The minimum Gasteiger partial charge on any atom is -0.756 e. The van der Waals surface area contributed by atoms with Gasteiger partial charge in [0.05, 0.1) is 27.7 Å². The fourth-order valence-electron chi connectivity index (χ4n) is 10.1. The van der Waals surface area contributed by atoms with Gasteiger partial charge in [0, 0.05) is 12.8 Å². The number of phosphoric ester groups is 1. The van der Waals surface area contributed by atoms with E-state index in [0.29, 0.717) is 17.4 Å². The molecule has 10 heteroatoms. The lowest BCUT2D eigenvalue weighted by molar-refractivity contribution is -0.870. The maximum Gasteiger partial charge on any atom is 0.306 e. The fourth-order valence-corrected chi connectivity index (χ4v) is 10.9. The largest absolute Gasteiger partial charge is 0.756 e. The molecule has 83 heavy (non-hydrogen) atoms. The van der Waals surface area contributed by atoms with Gasteiger partial charge < -0.3 is 27.9 Å². The first kappa shape index (κ1) is 80.5. The zero-order valence-electron chi connectivity index (χ0n) is 55.1. The van der Waals surface area contributed by atoms with Crippen LogP contribution < -0.4 is 4.89 Å². The van der Waals surface area contributed by atoms with E-state index in [1.54, 1.807) is 0 Å². The Kier molecular flexibility index (Phi) is 62.0. The molecule has 0 amide bonds. The maximum absolute atomic E-state index is 12.8. The number of quaternary nitrogens is 1. The third-order valence-corrected chi connectivity index (χ3v) is 16.5. The molecule has 0 aliphatic heterocycles. The second kappa shape index (κ2) is 63.9. The molecule has 0 aromatic heterocycles. The Morgan fingerprint density at radius 3 is 1.02 bits per heavy atom. The molecule has 0 bridgehead atoms. The van der Waals surface area contributed by atoms with E-state index >= 15 is 0 Å². The number of esters is 2. The Balaban J connectivity index is 3.96. The number of unbranched alkanes of at least 4 members (excludes halogenated alkanes) is 39. The predicted molar refractivity (Wildman–Crippen MR) is 356 cm³/mol. The zero-order chi connectivity index (χ0) is 60.5. The molecule has 0 aliphatic rings. The zero-order valence-corrected chi connectivity index (χ0v) is 56.0. The molecule has 2 atom stereocenters. The number of allylic oxidation sites excluding steroid dienone is 12. The summed E-state index contributed by atoms with van der Waals surface area (Å²) in [4.78, 5) is 38.0. The van der Waals surface area contributed by atoms with E-state index in [4.69, 9.17) is 18.5 Å². The molecule has 0 heterocycles. The van der Waals surface area contributed by atoms with Crippen molar-refractivity contribution in [2.24, 2.45) is 0 Å². The van der Waals surface area contributed by atoms with Crippen molar-refractivity contribution in [3.05, 3.63) is 72.9 Å². The molecule has 0 saturated carbocycles. The van der Waals surface area contributed by atoms with Crippen LogP contribution in [0.15, 0.2) is 72.9 Å². The maximum atomic E-state index is 12.8. The molecule has 0 radical (unpaired) electrons. The normalized spacial score (nSPS) is 13.6. The minimum absolute atomic E-state index is 0.0414. The topological polar surface area (TPSA) is 111 Å². The van der Waals surface area contributed by atoms with Crippen LogP contribution in [0.5, 0.6) is 0 Å². The highest BCUT2D eigenvalue weighted by Gasteiger charge is 2.22. The predicted octanol–water partition coefficient (Wildman–Crippen LogP) is 22.1. The van der Waals surface area contributed by atoms with Gasteiger partial charge in [-0.05, 0) is 64.2 Å². The number of carbonyl (C=O) groups is 2. The number of hydrogen-bond donors (Lipinski definition) is 0. The van der Waals surface area contributed by atoms with E-state index in [1.807, 2.05) is 21.1 Å². The second-order valence-corrected chi connectivity index (χ2v) is 26.3. The van der Waals surface area contributed by atoms with Crippen molar-refractivity contribution in [3.63, 3.8) is 0 Å². The van der Waals surface area contributed by atoms with E-state index in [1.165, 1.54) is 225 Å². The first-order valence-electron chi connectivity index (χ1n) is 35.1. The van der Waals surface area contributed by atoms with Crippen LogP contribution in [-0.2, 0) is 32.7 Å². The SMILES string of the molecule is CC/C=C\C/C=C\C/C=C\C/C=C\C/C=C\C/C=C\CCCCC(=O)OC(COC(=O)CCCCCCCCCCCCCCCCCCCCCCCCCCCCCCCCCCCCCCCC)COP(=O)([O-])OCC[N+](C)(C)C. The molecule has 0 saturated heterocycles. The number of hydrogen-bond acceptors (Lipinski definition) is 8. The van der Waals surface area contributed by atoms with Crippen LogP contribution >= 0.6 is 7.82 Å². The molecule has 0 aliphatic carbocycles. The lowest BCUT2D eigenvalue weighted by Gasteiger charge is -2.28. The summed E-state index contributed by atoms with van der Waals surface area (Å²) >= 11 is 0. The third-order valence-electron chi connectivity index (χ3n) is 15.5. The van der Waals surface area contributed by atoms with Gasteiger partial charge in [-0.1, -0.05) is 324 Å². The van der Waals surface area contributed by atoms with Crippen LogP contribution in [0.3, 0.4) is 0 Å². The van der Waals surface area contributed by atoms with E-state index < -0.39 is 32.5 Å². The van der Waals surface area contributed by atoms with Crippen molar-refractivity contribution in [2.75, 3.05) is 47.5 Å². The van der Waals surface area contributed by atoms with Gasteiger partial charge in [0.2, 0.25) is 0 Å². The van der Waals surface area contributed by atoms with Crippen LogP contribution in [0.4, 0.5) is 0 Å². The van der Waals surface area contributed by atoms with Crippen LogP contribution in [0.1, 0.15) is 328 Å². The van der Waals surface area contributed by atoms with Crippen molar-refractivity contribution in [1.29, 1.82) is 0 Å². The molecule has 0 spiro atoms. The Hall–Kier alpha value is -2.55. The molecular formula is C73H134NO8P. The summed E-state index contributed by atoms with van der Waals surface area (Å²) in [5.41, 5.74) is 0. The molecule has 0 aromatic rings. The number of phosphoric acid groups is 1. The fraction of sp³-hybridized carbons (Fsp3) is 0.808. The average Bonchev–Trinajstić information content (AvgIpc) is 3.49. The summed E-state index contributed by atoms with van der Waals surface area (Å²) in [6.07, 6.45) is 85.9. The van der Waals surface area contributed by atoms with Gasteiger partial charge in [-0.25, -0.2) is 0 Å². The quantitative estimate of drug-likeness (QED) is 0.0195. The van der Waals surface area contributed by atoms with Crippen molar-refractivity contribution in [3.8, 4) is 0 Å². The summed E-state index contributed by atoms with van der Waals surface area (Å²) in [6, 6.07) is 0. The lowest BCUT2D eigenvalue weighted by Crippen LogP contribution is -2.37. The van der Waals surface area contributed by atoms with E-state index in [-0.39, 0.29) is 26.1 Å². The average molecular weight is 1180 g/mol. The van der Waals surface area contributed by atoms with Crippen LogP contribution in [0, 0.1) is 0 Å². The van der Waals surface area contributed by atoms with Gasteiger partial charge in [0.15, 0.2) is 6.10 Å². The molecular weight excluding hydrogens is 1050 g/mol. The summed E-state index contributed by atoms with van der Waals surface area (Å²) in [5, 5.41) is 0. The Bertz CT molecular complexity index is 1630. The number of rotatable bonds is 65. The smallest absolute Gasteiger partial charge is 0.306 e. The Labute approximate surface area is 514 Å². The van der Waals surface area contributed by atoms with Crippen LogP contribution in [0.2, 0.25) is 0 Å². The van der Waals surface area contributed by atoms with Gasteiger partial charge in [0.25, 0.3) is 7.82 Å². The first-order valence-corrected chi connectivity index (χ1v) is 36.6. The molecule has 0 aromatic carbocycles. The highest BCUT2D eigenvalue weighted by Crippen LogP contribution is 2.38. The van der Waals surface area contributed by atoms with Crippen molar-refractivity contribution < 1.29 is 42.1 Å². The van der Waals surface area contributed by atoms with Crippen LogP contribution in [-0.4, -0.2) is 70.0 Å². The third kappa shape index (κ3) is 68.4. The van der Waals surface area contributed by atoms with Crippen LogP contribution in [0.25, 0.3) is 0 Å². The minimum atomic E-state index is -4.66. The van der Waals surface area contributed by atoms with Gasteiger partial charge in [-0.3, -0.25) is 14.2 Å². The standard InChI is InChI=1S/C73H134NO8P/c1-6-8-10-12-14-16-18-20-22-24-26-28-29-30-31-32-33-34-35-36-37-38-39-40-41-42-43-44-46-47-49-51-53-55-57-59-61-63-65-72(75)79-69-71(70-81-83(77,78)80-68-67-74(3,4)5)82-73(76)66-64-62-60-58-56-54-52-50-48-45-27-25-23-21-19-17-15-13-11-9-7-2/h9,11,15,17,21,23,27,45,50,52,56,58,71H,6-8,10,12-14,16,18-20,22,24-26,28-44,46-49,51,53-55,57,59-70H2,1-5H3/b11-9-,17-15-,23-21-,45-27-,52-50-,58-56-. The van der Waals surface area contributed by atoms with Gasteiger partial charge in [-0.15, -0.1) is 0 Å². The molecule has 484 valence electrons. The number of nitrogens with zero attached hydrogens (tertiary/aromatic N) is 1. The Morgan fingerprint density at radius 1 is 0.386 bits per heavy atom. The molecule has 9 nitrogen and oxygen atoms in total. The molecule has 2 unspecified atom stereocenters. The van der Waals surface area contributed by atoms with Gasteiger partial charge in [-0.2, -0.15) is 0 Å². The van der Waals surface area contributed by atoms with Gasteiger partial charge in [0.1, 0.15) is 19.8 Å². The summed E-state index contributed by atoms with van der Waals surface area (Å²) in [6.45, 7) is 4.11. The second-order valence-electron chi connectivity index (χ2n) is 24.9. The highest BCUT2D eigenvalue weighted by molar-refractivity contribution is 7.45. The van der Waals surface area contributed by atoms with Gasteiger partial charge >= 0.3 is 11.9 Å². The number of carbonyl (C=O) groups excluding carboxylic acids is 2. The van der Waals surface area contributed by atoms with E-state index in [2.05, 4.69) is 86.8 Å². The van der Waals surface area contributed by atoms with Crippen molar-refractivity contribution in [2.45, 2.75) is 335 Å². The molecule has 0 N–H and O–H groups in total. The lowest BCUT2D eigenvalue weighted by atomic mass is 10.0. The van der Waals surface area contributed by atoms with Crippen molar-refractivity contribution >= 4 is 19.8 Å². The number of likely N-dealkylation sites (N-methyl/N-ethyl adjacent to an activating group) is 1. The Morgan fingerprint density at radius 2 is 0.687 bits per heavy atom. The van der Waals surface area contributed by atoms with Crippen molar-refractivity contribution in [1.82, 2.24) is 0 Å². The monoisotopic (exact) mass is 1180 g/mol. The molecule has 0 fully saturated rings.